The van der Waals surface area contributed by atoms with Crippen LogP contribution in [0, 0.1) is 0 Å². The summed E-state index contributed by atoms with van der Waals surface area (Å²) < 4.78 is 0. The van der Waals surface area contributed by atoms with Crippen molar-refractivity contribution in [3.05, 3.63) is 0 Å². The normalized spacial score (nSPS) is 29.5. The molecule has 3 heteroatoms. The lowest BCUT2D eigenvalue weighted by atomic mass is 9.99. The summed E-state index contributed by atoms with van der Waals surface area (Å²) in [7, 11) is 1.88. The first-order chi connectivity index (χ1) is 5.16. The summed E-state index contributed by atoms with van der Waals surface area (Å²) in [6, 6.07) is 0. The zero-order chi connectivity index (χ0) is 8.32. The molecular formula is C8H15N3. The van der Waals surface area contributed by atoms with E-state index in [-0.39, 0.29) is 5.54 Å². The minimum absolute atomic E-state index is 0.0543. The average molecular weight is 153 g/mol. The fraction of sp³-hybridized carbons (Fsp3) is 0.750. The van der Waals surface area contributed by atoms with Crippen molar-refractivity contribution in [1.29, 1.82) is 0 Å². The smallest absolute Gasteiger partial charge is 0.107 e. The lowest BCUT2D eigenvalue weighted by Crippen LogP contribution is -2.30. The van der Waals surface area contributed by atoms with Crippen LogP contribution in [0.4, 0.5) is 0 Å². The first kappa shape index (κ1) is 8.24. The van der Waals surface area contributed by atoms with E-state index < -0.39 is 0 Å². The van der Waals surface area contributed by atoms with Crippen LogP contribution in [0.1, 0.15) is 26.7 Å². The van der Waals surface area contributed by atoms with Gasteiger partial charge in [-0.3, -0.25) is 10.0 Å². The van der Waals surface area contributed by atoms with E-state index >= 15 is 0 Å². The maximum Gasteiger partial charge on any atom is 0.107 e. The van der Waals surface area contributed by atoms with Gasteiger partial charge in [-0.15, -0.1) is 0 Å². The lowest BCUT2D eigenvalue weighted by Gasteiger charge is -2.24. The highest BCUT2D eigenvalue weighted by atomic mass is 15.5. The van der Waals surface area contributed by atoms with Gasteiger partial charge in [0, 0.05) is 7.05 Å². The summed E-state index contributed by atoms with van der Waals surface area (Å²) in [5.41, 5.74) is -0.0543. The summed E-state index contributed by atoms with van der Waals surface area (Å²) in [4.78, 5) is 4.38. The first-order valence-corrected chi connectivity index (χ1v) is 3.99. The molecule has 0 aromatic carbocycles. The van der Waals surface area contributed by atoms with Crippen LogP contribution in [0.25, 0.3) is 0 Å². The standard InChI is InChI=1S/C8H15N3/c1-4-5-8(2)6-10-11(3)7-9-8/h6-7H,4-5H2,1-3H3. The molecule has 0 aliphatic carbocycles. The Morgan fingerprint density at radius 1 is 1.55 bits per heavy atom. The van der Waals surface area contributed by atoms with Crippen LogP contribution in [0.15, 0.2) is 10.1 Å². The summed E-state index contributed by atoms with van der Waals surface area (Å²) in [6.45, 7) is 4.26. The molecule has 0 fully saturated rings. The van der Waals surface area contributed by atoms with Crippen molar-refractivity contribution in [2.75, 3.05) is 7.05 Å². The fourth-order valence-corrected chi connectivity index (χ4v) is 1.13. The lowest BCUT2D eigenvalue weighted by molar-refractivity contribution is 0.489. The molecule has 1 aliphatic rings. The molecule has 0 radical (unpaired) electrons. The Morgan fingerprint density at radius 2 is 2.27 bits per heavy atom. The highest BCUT2D eigenvalue weighted by Crippen LogP contribution is 2.16. The Balaban J connectivity index is 2.61. The zero-order valence-electron chi connectivity index (χ0n) is 7.41. The van der Waals surface area contributed by atoms with Crippen LogP contribution in [0.3, 0.4) is 0 Å². The summed E-state index contributed by atoms with van der Waals surface area (Å²) in [5.74, 6) is 0. The van der Waals surface area contributed by atoms with Gasteiger partial charge in [0.15, 0.2) is 0 Å². The van der Waals surface area contributed by atoms with Crippen molar-refractivity contribution in [2.45, 2.75) is 32.2 Å². The number of hydrogen-bond acceptors (Lipinski definition) is 3. The Labute approximate surface area is 67.8 Å². The number of aliphatic imine (C=N–C) groups is 1. The van der Waals surface area contributed by atoms with Crippen molar-refractivity contribution >= 4 is 12.6 Å². The molecule has 0 N–H and O–H groups in total. The quantitative estimate of drug-likeness (QED) is 0.591. The summed E-state index contributed by atoms with van der Waals surface area (Å²) in [6.07, 6.45) is 5.90. The molecular weight excluding hydrogens is 138 g/mol. The second-order valence-corrected chi connectivity index (χ2v) is 3.17. The van der Waals surface area contributed by atoms with E-state index in [9.17, 15) is 0 Å². The van der Waals surface area contributed by atoms with Crippen LogP contribution in [-0.2, 0) is 0 Å². The Morgan fingerprint density at radius 3 is 2.73 bits per heavy atom. The minimum atomic E-state index is -0.0543. The zero-order valence-corrected chi connectivity index (χ0v) is 7.41. The maximum atomic E-state index is 4.38. The predicted octanol–water partition coefficient (Wildman–Crippen LogP) is 1.50. The van der Waals surface area contributed by atoms with Gasteiger partial charge in [-0.25, -0.2) is 0 Å². The molecule has 1 atom stereocenters. The monoisotopic (exact) mass is 153 g/mol. The van der Waals surface area contributed by atoms with Gasteiger partial charge in [-0.05, 0) is 13.3 Å². The highest BCUT2D eigenvalue weighted by molar-refractivity contribution is 5.76. The van der Waals surface area contributed by atoms with Crippen molar-refractivity contribution in [2.24, 2.45) is 10.1 Å². The second kappa shape index (κ2) is 3.03. The van der Waals surface area contributed by atoms with Crippen molar-refractivity contribution in [3.8, 4) is 0 Å². The van der Waals surface area contributed by atoms with Gasteiger partial charge < -0.3 is 0 Å². The molecule has 0 amide bonds. The maximum absolute atomic E-state index is 4.38. The topological polar surface area (TPSA) is 28.0 Å². The molecule has 11 heavy (non-hydrogen) atoms. The van der Waals surface area contributed by atoms with Gasteiger partial charge in [-0.2, -0.15) is 5.10 Å². The number of hydrazone groups is 1. The predicted molar refractivity (Wildman–Crippen MR) is 48.1 cm³/mol. The van der Waals surface area contributed by atoms with E-state index in [2.05, 4.69) is 23.9 Å². The van der Waals surface area contributed by atoms with Crippen LogP contribution < -0.4 is 0 Å². The Kier molecular flexibility index (Phi) is 2.27. The van der Waals surface area contributed by atoms with Crippen molar-refractivity contribution < 1.29 is 0 Å². The Hall–Kier alpha value is -0.860. The third kappa shape index (κ3) is 2.03. The summed E-state index contributed by atoms with van der Waals surface area (Å²) >= 11 is 0. The van der Waals surface area contributed by atoms with E-state index in [0.29, 0.717) is 0 Å². The van der Waals surface area contributed by atoms with E-state index in [1.807, 2.05) is 13.3 Å². The fourth-order valence-electron chi connectivity index (χ4n) is 1.13. The number of hydrogen-bond donors (Lipinski definition) is 0. The molecule has 0 spiro atoms. The van der Waals surface area contributed by atoms with Crippen LogP contribution in [0.2, 0.25) is 0 Å². The third-order valence-electron chi connectivity index (χ3n) is 1.79. The molecule has 1 rings (SSSR count). The largest absolute Gasteiger partial charge is 0.262 e. The van der Waals surface area contributed by atoms with E-state index in [1.165, 1.54) is 0 Å². The molecule has 1 heterocycles. The van der Waals surface area contributed by atoms with Crippen LogP contribution in [-0.4, -0.2) is 30.1 Å². The molecule has 0 aromatic rings. The number of rotatable bonds is 2. The van der Waals surface area contributed by atoms with E-state index in [0.717, 1.165) is 12.8 Å². The third-order valence-corrected chi connectivity index (χ3v) is 1.79. The second-order valence-electron chi connectivity index (χ2n) is 3.17. The van der Waals surface area contributed by atoms with Crippen LogP contribution in [0.5, 0.6) is 0 Å². The number of nitrogens with zero attached hydrogens (tertiary/aromatic N) is 3. The molecule has 3 nitrogen and oxygen atoms in total. The van der Waals surface area contributed by atoms with Gasteiger partial charge in [0.1, 0.15) is 6.34 Å². The van der Waals surface area contributed by atoms with Gasteiger partial charge >= 0.3 is 0 Å². The van der Waals surface area contributed by atoms with E-state index in [1.54, 1.807) is 11.3 Å². The van der Waals surface area contributed by atoms with Gasteiger partial charge in [-0.1, -0.05) is 13.3 Å². The average Bonchev–Trinajstić information content (AvgIpc) is 1.97. The van der Waals surface area contributed by atoms with Gasteiger partial charge in [0.25, 0.3) is 0 Å². The molecule has 0 saturated heterocycles. The molecule has 0 aromatic heterocycles. The van der Waals surface area contributed by atoms with Gasteiger partial charge in [0.2, 0.25) is 0 Å². The molecule has 62 valence electrons. The minimum Gasteiger partial charge on any atom is -0.262 e. The highest BCUT2D eigenvalue weighted by Gasteiger charge is 2.21. The SMILES string of the molecule is CCCC1(C)C=NN(C)C=N1. The summed E-state index contributed by atoms with van der Waals surface area (Å²) in [5, 5.41) is 5.88. The first-order valence-electron chi connectivity index (χ1n) is 3.99. The molecule has 1 aliphatic heterocycles. The molecule has 0 saturated carbocycles. The van der Waals surface area contributed by atoms with Gasteiger partial charge in [0.05, 0.1) is 11.8 Å². The molecule has 1 unspecified atom stereocenters. The van der Waals surface area contributed by atoms with Crippen LogP contribution >= 0.6 is 0 Å². The van der Waals surface area contributed by atoms with Crippen molar-refractivity contribution in [1.82, 2.24) is 5.01 Å². The Bertz CT molecular complexity index is 170. The molecule has 0 bridgehead atoms. The van der Waals surface area contributed by atoms with E-state index in [4.69, 9.17) is 0 Å². The van der Waals surface area contributed by atoms with Crippen molar-refractivity contribution in [3.63, 3.8) is 0 Å².